The third-order valence-electron chi connectivity index (χ3n) is 2.76. The lowest BCUT2D eigenvalue weighted by Crippen LogP contribution is -2.28. The normalized spacial score (nSPS) is 19.9. The summed E-state index contributed by atoms with van der Waals surface area (Å²) in [7, 11) is 0. The van der Waals surface area contributed by atoms with Gasteiger partial charge in [0.15, 0.2) is 0 Å². The van der Waals surface area contributed by atoms with Crippen LogP contribution in [0.3, 0.4) is 0 Å². The SMILES string of the molecule is CC(=O)N1CC[C@H](Oc2ccc(C)cn2)C1. The van der Waals surface area contributed by atoms with Crippen LogP contribution >= 0.6 is 0 Å². The van der Waals surface area contributed by atoms with Crippen LogP contribution in [0, 0.1) is 6.92 Å². The summed E-state index contributed by atoms with van der Waals surface area (Å²) in [5, 5.41) is 0. The third kappa shape index (κ3) is 2.51. The summed E-state index contributed by atoms with van der Waals surface area (Å²) in [5.74, 6) is 0.754. The van der Waals surface area contributed by atoms with Crippen LogP contribution in [0.25, 0.3) is 0 Å². The predicted molar refractivity (Wildman–Crippen MR) is 60.3 cm³/mol. The number of pyridine rings is 1. The monoisotopic (exact) mass is 220 g/mol. The van der Waals surface area contributed by atoms with E-state index in [4.69, 9.17) is 4.74 Å². The highest BCUT2D eigenvalue weighted by atomic mass is 16.5. The quantitative estimate of drug-likeness (QED) is 0.756. The lowest BCUT2D eigenvalue weighted by molar-refractivity contribution is -0.128. The highest BCUT2D eigenvalue weighted by Crippen LogP contribution is 2.16. The van der Waals surface area contributed by atoms with Crippen LogP contribution in [0.2, 0.25) is 0 Å². The van der Waals surface area contributed by atoms with Crippen molar-refractivity contribution in [2.75, 3.05) is 13.1 Å². The van der Waals surface area contributed by atoms with E-state index in [0.29, 0.717) is 12.4 Å². The molecule has 1 aliphatic rings. The maximum absolute atomic E-state index is 11.1. The molecular weight excluding hydrogens is 204 g/mol. The molecule has 1 saturated heterocycles. The standard InChI is InChI=1S/C12H16N2O2/c1-9-3-4-12(13-7-9)16-11-5-6-14(8-11)10(2)15/h3-4,7,11H,5-6,8H2,1-2H3/t11-/m0/s1. The predicted octanol–water partition coefficient (Wildman–Crippen LogP) is 1.39. The van der Waals surface area contributed by atoms with Crippen LogP contribution in [0.15, 0.2) is 18.3 Å². The molecule has 0 aliphatic carbocycles. The van der Waals surface area contributed by atoms with Crippen molar-refractivity contribution >= 4 is 5.91 Å². The minimum absolute atomic E-state index is 0.0825. The fourth-order valence-electron chi connectivity index (χ4n) is 1.81. The number of likely N-dealkylation sites (tertiary alicyclic amines) is 1. The molecular formula is C12H16N2O2. The topological polar surface area (TPSA) is 42.4 Å². The van der Waals surface area contributed by atoms with Gasteiger partial charge in [0.05, 0.1) is 6.54 Å². The van der Waals surface area contributed by atoms with Gasteiger partial charge in [-0.1, -0.05) is 6.07 Å². The van der Waals surface area contributed by atoms with Gasteiger partial charge in [-0.3, -0.25) is 4.79 Å². The first kappa shape index (κ1) is 10.9. The molecule has 4 nitrogen and oxygen atoms in total. The zero-order valence-corrected chi connectivity index (χ0v) is 9.64. The molecule has 0 unspecified atom stereocenters. The minimum Gasteiger partial charge on any atom is -0.472 e. The van der Waals surface area contributed by atoms with E-state index < -0.39 is 0 Å². The summed E-state index contributed by atoms with van der Waals surface area (Å²) in [5.41, 5.74) is 1.11. The Kier molecular flexibility index (Phi) is 3.08. The van der Waals surface area contributed by atoms with Crippen molar-refractivity contribution < 1.29 is 9.53 Å². The average Bonchev–Trinajstić information content (AvgIpc) is 2.70. The molecule has 1 fully saturated rings. The lowest BCUT2D eigenvalue weighted by atomic mass is 10.3. The molecule has 1 aliphatic heterocycles. The van der Waals surface area contributed by atoms with Gasteiger partial charge in [0.2, 0.25) is 11.8 Å². The van der Waals surface area contributed by atoms with E-state index in [2.05, 4.69) is 4.98 Å². The van der Waals surface area contributed by atoms with E-state index in [9.17, 15) is 4.79 Å². The summed E-state index contributed by atoms with van der Waals surface area (Å²) < 4.78 is 5.71. The van der Waals surface area contributed by atoms with E-state index in [1.807, 2.05) is 19.1 Å². The summed E-state index contributed by atoms with van der Waals surface area (Å²) in [6.45, 7) is 5.03. The van der Waals surface area contributed by atoms with E-state index >= 15 is 0 Å². The van der Waals surface area contributed by atoms with Crippen molar-refractivity contribution in [1.82, 2.24) is 9.88 Å². The van der Waals surface area contributed by atoms with Crippen LogP contribution < -0.4 is 4.74 Å². The van der Waals surface area contributed by atoms with Crippen LogP contribution in [-0.4, -0.2) is 35.0 Å². The van der Waals surface area contributed by atoms with E-state index in [0.717, 1.165) is 18.5 Å². The second kappa shape index (κ2) is 4.51. The second-order valence-corrected chi connectivity index (χ2v) is 4.17. The molecule has 0 N–H and O–H groups in total. The van der Waals surface area contributed by atoms with E-state index in [-0.39, 0.29) is 12.0 Å². The molecule has 86 valence electrons. The van der Waals surface area contributed by atoms with Gasteiger partial charge in [0.25, 0.3) is 0 Å². The van der Waals surface area contributed by atoms with E-state index in [1.54, 1.807) is 18.0 Å². The minimum atomic E-state index is 0.0825. The van der Waals surface area contributed by atoms with Gasteiger partial charge >= 0.3 is 0 Å². The largest absolute Gasteiger partial charge is 0.472 e. The number of nitrogens with zero attached hydrogens (tertiary/aromatic N) is 2. The highest BCUT2D eigenvalue weighted by Gasteiger charge is 2.25. The van der Waals surface area contributed by atoms with Crippen LogP contribution in [0.5, 0.6) is 5.88 Å². The number of ether oxygens (including phenoxy) is 1. The molecule has 1 aromatic rings. The van der Waals surface area contributed by atoms with Crippen molar-refractivity contribution in [3.05, 3.63) is 23.9 Å². The summed E-state index contributed by atoms with van der Waals surface area (Å²) in [6.07, 6.45) is 2.75. The molecule has 2 heterocycles. The Hall–Kier alpha value is -1.58. The molecule has 0 spiro atoms. The first-order chi connectivity index (χ1) is 7.65. The van der Waals surface area contributed by atoms with E-state index in [1.165, 1.54) is 0 Å². The van der Waals surface area contributed by atoms with Gasteiger partial charge in [-0.25, -0.2) is 4.98 Å². The molecule has 0 bridgehead atoms. The molecule has 4 heteroatoms. The fourth-order valence-corrected chi connectivity index (χ4v) is 1.81. The van der Waals surface area contributed by atoms with Gasteiger partial charge in [-0.2, -0.15) is 0 Å². The number of carbonyl (C=O) groups excluding carboxylic acids is 1. The smallest absolute Gasteiger partial charge is 0.219 e. The molecule has 16 heavy (non-hydrogen) atoms. The van der Waals surface area contributed by atoms with Gasteiger partial charge in [0.1, 0.15) is 6.10 Å². The molecule has 1 amide bonds. The van der Waals surface area contributed by atoms with Crippen molar-refractivity contribution in [3.63, 3.8) is 0 Å². The van der Waals surface area contributed by atoms with Crippen LogP contribution in [0.4, 0.5) is 0 Å². The van der Waals surface area contributed by atoms with Gasteiger partial charge in [-0.15, -0.1) is 0 Å². The number of amides is 1. The zero-order valence-electron chi connectivity index (χ0n) is 9.64. The number of hydrogen-bond donors (Lipinski definition) is 0. The van der Waals surface area contributed by atoms with Gasteiger partial charge < -0.3 is 9.64 Å². The number of hydrogen-bond acceptors (Lipinski definition) is 3. The summed E-state index contributed by atoms with van der Waals surface area (Å²) >= 11 is 0. The first-order valence-corrected chi connectivity index (χ1v) is 5.50. The summed E-state index contributed by atoms with van der Waals surface area (Å²) in [6, 6.07) is 3.84. The van der Waals surface area contributed by atoms with Gasteiger partial charge in [0, 0.05) is 32.2 Å². The number of aromatic nitrogens is 1. The zero-order chi connectivity index (χ0) is 11.5. The van der Waals surface area contributed by atoms with Crippen molar-refractivity contribution in [3.8, 4) is 5.88 Å². The Morgan fingerprint density at radius 1 is 1.56 bits per heavy atom. The molecule has 1 atom stereocenters. The summed E-state index contributed by atoms with van der Waals surface area (Å²) in [4.78, 5) is 17.1. The van der Waals surface area contributed by atoms with Gasteiger partial charge in [-0.05, 0) is 12.5 Å². The number of aryl methyl sites for hydroxylation is 1. The average molecular weight is 220 g/mol. The molecule has 2 rings (SSSR count). The van der Waals surface area contributed by atoms with Crippen molar-refractivity contribution in [1.29, 1.82) is 0 Å². The third-order valence-corrected chi connectivity index (χ3v) is 2.76. The van der Waals surface area contributed by atoms with Crippen LogP contribution in [-0.2, 0) is 4.79 Å². The maximum Gasteiger partial charge on any atom is 0.219 e. The molecule has 0 saturated carbocycles. The Morgan fingerprint density at radius 2 is 2.38 bits per heavy atom. The Bertz CT molecular complexity index is 375. The fraction of sp³-hybridized carbons (Fsp3) is 0.500. The number of rotatable bonds is 2. The number of carbonyl (C=O) groups is 1. The molecule has 0 aromatic carbocycles. The second-order valence-electron chi connectivity index (χ2n) is 4.17. The Morgan fingerprint density at radius 3 is 2.94 bits per heavy atom. The molecule has 1 aromatic heterocycles. The highest BCUT2D eigenvalue weighted by molar-refractivity contribution is 5.73. The lowest BCUT2D eigenvalue weighted by Gasteiger charge is -2.14. The van der Waals surface area contributed by atoms with Crippen molar-refractivity contribution in [2.24, 2.45) is 0 Å². The van der Waals surface area contributed by atoms with Crippen LogP contribution in [0.1, 0.15) is 18.9 Å². The van der Waals surface area contributed by atoms with Crippen molar-refractivity contribution in [2.45, 2.75) is 26.4 Å². The Balaban J connectivity index is 1.92. The Labute approximate surface area is 95.2 Å². The molecule has 0 radical (unpaired) electrons. The maximum atomic E-state index is 11.1. The first-order valence-electron chi connectivity index (χ1n) is 5.50.